The predicted octanol–water partition coefficient (Wildman–Crippen LogP) is 2.76. The highest BCUT2D eigenvalue weighted by Crippen LogP contribution is 2.24. The number of nitrogen functional groups attached to an aromatic ring is 1. The summed E-state index contributed by atoms with van der Waals surface area (Å²) in [5.41, 5.74) is 6.98. The molecule has 0 amide bonds. The Morgan fingerprint density at radius 1 is 1.21 bits per heavy atom. The lowest BCUT2D eigenvalue weighted by Crippen LogP contribution is -1.93. The summed E-state index contributed by atoms with van der Waals surface area (Å²) in [6.45, 7) is 0. The zero-order chi connectivity index (χ0) is 10.1. The van der Waals surface area contributed by atoms with Crippen LogP contribution < -0.4 is 5.73 Å². The molecular weight excluding hydrogens is 221 g/mol. The first-order chi connectivity index (χ1) is 6.66. The van der Waals surface area contributed by atoms with E-state index in [9.17, 15) is 0 Å². The molecule has 1 aromatic carbocycles. The molecule has 0 spiro atoms. The minimum atomic E-state index is 0.498. The van der Waals surface area contributed by atoms with Crippen molar-refractivity contribution in [2.24, 2.45) is 0 Å². The van der Waals surface area contributed by atoms with Crippen LogP contribution in [0.25, 0.3) is 5.69 Å². The van der Waals surface area contributed by atoms with Crippen LogP contribution in [-0.4, -0.2) is 9.78 Å². The third kappa shape index (κ3) is 1.69. The van der Waals surface area contributed by atoms with Crippen molar-refractivity contribution in [3.05, 3.63) is 40.6 Å². The van der Waals surface area contributed by atoms with Crippen LogP contribution in [0.5, 0.6) is 0 Å². The third-order valence-electron chi connectivity index (χ3n) is 1.77. The number of nitrogens with zero attached hydrogens (tertiary/aromatic N) is 2. The molecule has 0 aliphatic heterocycles. The fraction of sp³-hybridized carbons (Fsp3) is 0. The van der Waals surface area contributed by atoms with E-state index in [-0.39, 0.29) is 0 Å². The van der Waals surface area contributed by atoms with E-state index in [4.69, 9.17) is 28.9 Å². The molecule has 5 heteroatoms. The number of hydrogen-bond donors (Lipinski definition) is 1. The van der Waals surface area contributed by atoms with Crippen LogP contribution >= 0.6 is 23.2 Å². The summed E-state index contributed by atoms with van der Waals surface area (Å²) in [6.07, 6.45) is 3.28. The molecule has 0 unspecified atom stereocenters. The zero-order valence-corrected chi connectivity index (χ0v) is 8.63. The van der Waals surface area contributed by atoms with Gasteiger partial charge in [-0.3, -0.25) is 0 Å². The van der Waals surface area contributed by atoms with Crippen LogP contribution in [0.15, 0.2) is 30.6 Å². The van der Waals surface area contributed by atoms with Gasteiger partial charge in [0.1, 0.15) is 0 Å². The summed E-state index contributed by atoms with van der Waals surface area (Å²) in [7, 11) is 0. The van der Waals surface area contributed by atoms with Gasteiger partial charge in [-0.2, -0.15) is 5.10 Å². The third-order valence-corrected chi connectivity index (χ3v) is 2.51. The number of nitrogens with two attached hydrogens (primary N) is 1. The Morgan fingerprint density at radius 2 is 2.00 bits per heavy atom. The van der Waals surface area contributed by atoms with Gasteiger partial charge in [-0.1, -0.05) is 23.2 Å². The van der Waals surface area contributed by atoms with E-state index < -0.39 is 0 Å². The molecule has 0 bridgehead atoms. The highest BCUT2D eigenvalue weighted by Gasteiger charge is 2.02. The first kappa shape index (κ1) is 9.37. The first-order valence-corrected chi connectivity index (χ1v) is 4.68. The Bertz CT molecular complexity index is 465. The Hall–Kier alpha value is -1.19. The highest BCUT2D eigenvalue weighted by molar-refractivity contribution is 6.42. The summed E-state index contributed by atoms with van der Waals surface area (Å²) in [5.74, 6) is 0. The van der Waals surface area contributed by atoms with E-state index in [0.29, 0.717) is 15.7 Å². The highest BCUT2D eigenvalue weighted by atomic mass is 35.5. The van der Waals surface area contributed by atoms with Crippen molar-refractivity contribution < 1.29 is 0 Å². The van der Waals surface area contributed by atoms with Crippen LogP contribution in [0.2, 0.25) is 10.0 Å². The molecule has 1 heterocycles. The molecule has 0 saturated carbocycles. The standard InChI is InChI=1S/C9H7Cl2N3/c10-8-2-1-7(3-9(8)11)14-5-6(12)4-13-14/h1-5H,12H2. The Morgan fingerprint density at radius 3 is 2.57 bits per heavy atom. The van der Waals surface area contributed by atoms with Gasteiger partial charge in [0.2, 0.25) is 0 Å². The molecule has 0 radical (unpaired) electrons. The van der Waals surface area contributed by atoms with Gasteiger partial charge in [-0.25, -0.2) is 4.68 Å². The second-order valence-corrected chi connectivity index (χ2v) is 3.63. The number of aromatic nitrogens is 2. The molecule has 2 aromatic rings. The van der Waals surface area contributed by atoms with Gasteiger partial charge < -0.3 is 5.73 Å². The van der Waals surface area contributed by atoms with Crippen molar-refractivity contribution in [1.29, 1.82) is 0 Å². The number of halogens is 2. The molecule has 1 aromatic heterocycles. The van der Waals surface area contributed by atoms with Gasteiger partial charge in [-0.05, 0) is 18.2 Å². The molecular formula is C9H7Cl2N3. The molecule has 0 saturated heterocycles. The van der Waals surface area contributed by atoms with Crippen LogP contribution in [0.4, 0.5) is 5.69 Å². The number of benzene rings is 1. The van der Waals surface area contributed by atoms with Crippen LogP contribution in [0.1, 0.15) is 0 Å². The van der Waals surface area contributed by atoms with Crippen molar-refractivity contribution in [2.45, 2.75) is 0 Å². The second kappa shape index (κ2) is 3.52. The number of anilines is 1. The summed E-state index contributed by atoms with van der Waals surface area (Å²) in [6, 6.07) is 5.27. The van der Waals surface area contributed by atoms with Crippen molar-refractivity contribution in [3.63, 3.8) is 0 Å². The number of rotatable bonds is 1. The van der Waals surface area contributed by atoms with Gasteiger partial charge in [-0.15, -0.1) is 0 Å². The van der Waals surface area contributed by atoms with Gasteiger partial charge in [0.15, 0.2) is 0 Å². The van der Waals surface area contributed by atoms with Crippen molar-refractivity contribution in [1.82, 2.24) is 9.78 Å². The van der Waals surface area contributed by atoms with Gasteiger partial charge in [0, 0.05) is 0 Å². The molecule has 0 aliphatic carbocycles. The molecule has 0 fully saturated rings. The Labute approximate surface area is 91.0 Å². The molecule has 2 rings (SSSR count). The Balaban J connectivity index is 2.47. The normalized spacial score (nSPS) is 10.4. The molecule has 0 aliphatic rings. The van der Waals surface area contributed by atoms with Crippen LogP contribution in [-0.2, 0) is 0 Å². The lowest BCUT2D eigenvalue weighted by molar-refractivity contribution is 0.881. The minimum absolute atomic E-state index is 0.498. The summed E-state index contributed by atoms with van der Waals surface area (Å²) in [5, 5.41) is 5.07. The monoisotopic (exact) mass is 227 g/mol. The molecule has 0 atom stereocenters. The summed E-state index contributed by atoms with van der Waals surface area (Å²) >= 11 is 11.7. The van der Waals surface area contributed by atoms with Crippen molar-refractivity contribution in [2.75, 3.05) is 5.73 Å². The van der Waals surface area contributed by atoms with E-state index >= 15 is 0 Å². The van der Waals surface area contributed by atoms with E-state index in [1.54, 1.807) is 29.2 Å². The minimum Gasteiger partial charge on any atom is -0.396 e. The maximum Gasteiger partial charge on any atom is 0.0724 e. The fourth-order valence-electron chi connectivity index (χ4n) is 1.11. The predicted molar refractivity (Wildman–Crippen MR) is 58.0 cm³/mol. The lowest BCUT2D eigenvalue weighted by atomic mass is 10.3. The van der Waals surface area contributed by atoms with Crippen LogP contribution in [0, 0.1) is 0 Å². The van der Waals surface area contributed by atoms with Gasteiger partial charge in [0.25, 0.3) is 0 Å². The lowest BCUT2D eigenvalue weighted by Gasteiger charge is -2.02. The van der Waals surface area contributed by atoms with Crippen LogP contribution in [0.3, 0.4) is 0 Å². The van der Waals surface area contributed by atoms with Gasteiger partial charge in [0.05, 0.1) is 33.8 Å². The average Bonchev–Trinajstić information content (AvgIpc) is 2.57. The SMILES string of the molecule is Nc1cnn(-c2ccc(Cl)c(Cl)c2)c1. The molecule has 3 nitrogen and oxygen atoms in total. The van der Waals surface area contributed by atoms with Gasteiger partial charge >= 0.3 is 0 Å². The second-order valence-electron chi connectivity index (χ2n) is 2.82. The maximum absolute atomic E-state index is 5.87. The Kier molecular flexibility index (Phi) is 2.35. The van der Waals surface area contributed by atoms with E-state index in [0.717, 1.165) is 5.69 Å². The smallest absolute Gasteiger partial charge is 0.0724 e. The quantitative estimate of drug-likeness (QED) is 0.815. The van der Waals surface area contributed by atoms with Crippen molar-refractivity contribution in [3.8, 4) is 5.69 Å². The van der Waals surface area contributed by atoms with E-state index in [2.05, 4.69) is 5.10 Å². The van der Waals surface area contributed by atoms with Crippen molar-refractivity contribution >= 4 is 28.9 Å². The molecule has 2 N–H and O–H groups in total. The van der Waals surface area contributed by atoms with E-state index in [1.807, 2.05) is 6.07 Å². The largest absolute Gasteiger partial charge is 0.396 e. The fourth-order valence-corrected chi connectivity index (χ4v) is 1.40. The summed E-state index contributed by atoms with van der Waals surface area (Å²) in [4.78, 5) is 0. The zero-order valence-electron chi connectivity index (χ0n) is 7.11. The topological polar surface area (TPSA) is 43.8 Å². The van der Waals surface area contributed by atoms with E-state index in [1.165, 1.54) is 0 Å². The first-order valence-electron chi connectivity index (χ1n) is 3.92. The number of hydrogen-bond acceptors (Lipinski definition) is 2. The summed E-state index contributed by atoms with van der Waals surface area (Å²) < 4.78 is 1.64. The maximum atomic E-state index is 5.87. The molecule has 72 valence electrons. The average molecular weight is 228 g/mol. The molecule has 14 heavy (non-hydrogen) atoms.